The van der Waals surface area contributed by atoms with Gasteiger partial charge in [-0.1, -0.05) is 12.1 Å². The number of pyridine rings is 1. The molecule has 1 aromatic carbocycles. The van der Waals surface area contributed by atoms with E-state index in [1.54, 1.807) is 35.4 Å². The molecule has 0 unspecified atom stereocenters. The summed E-state index contributed by atoms with van der Waals surface area (Å²) in [6.45, 7) is 1.33. The number of carbonyl (C=O) groups is 1. The van der Waals surface area contributed by atoms with E-state index in [9.17, 15) is 14.3 Å². The molecule has 5 nitrogen and oxygen atoms in total. The second-order valence-corrected chi connectivity index (χ2v) is 6.13. The number of likely N-dealkylation sites (N-methyl/N-ethyl adjacent to an activating group) is 1. The average molecular weight is 329 g/mol. The number of amides is 1. The molecule has 0 saturated carbocycles. The first-order valence-corrected chi connectivity index (χ1v) is 7.86. The first kappa shape index (κ1) is 16.5. The quantitative estimate of drug-likeness (QED) is 0.924. The van der Waals surface area contributed by atoms with Gasteiger partial charge in [-0.2, -0.15) is 0 Å². The van der Waals surface area contributed by atoms with Crippen molar-refractivity contribution >= 4 is 5.91 Å². The molecule has 0 spiro atoms. The van der Waals surface area contributed by atoms with Gasteiger partial charge in [0.05, 0.1) is 17.7 Å². The molecule has 1 amide bonds. The van der Waals surface area contributed by atoms with Crippen molar-refractivity contribution in [1.82, 2.24) is 14.8 Å². The molecule has 1 saturated heterocycles. The molecule has 1 fully saturated rings. The summed E-state index contributed by atoms with van der Waals surface area (Å²) in [5.74, 6) is -0.393. The van der Waals surface area contributed by atoms with E-state index in [0.29, 0.717) is 25.2 Å². The fourth-order valence-corrected chi connectivity index (χ4v) is 3.04. The van der Waals surface area contributed by atoms with Crippen LogP contribution in [-0.4, -0.2) is 58.1 Å². The summed E-state index contributed by atoms with van der Waals surface area (Å²) in [6, 6.07) is 9.58. The van der Waals surface area contributed by atoms with Gasteiger partial charge >= 0.3 is 0 Å². The maximum Gasteiger partial charge on any atom is 0.255 e. The van der Waals surface area contributed by atoms with E-state index in [1.807, 2.05) is 11.9 Å². The number of benzene rings is 1. The zero-order valence-corrected chi connectivity index (χ0v) is 13.5. The molecule has 1 aliphatic rings. The monoisotopic (exact) mass is 329 g/mol. The van der Waals surface area contributed by atoms with Crippen molar-refractivity contribution in [2.45, 2.75) is 18.7 Å². The maximum absolute atomic E-state index is 13.0. The van der Waals surface area contributed by atoms with Crippen LogP contribution in [0.25, 0.3) is 0 Å². The molecule has 0 aliphatic carbocycles. The van der Waals surface area contributed by atoms with Gasteiger partial charge in [0.1, 0.15) is 5.82 Å². The van der Waals surface area contributed by atoms with Crippen molar-refractivity contribution in [3.63, 3.8) is 0 Å². The smallest absolute Gasteiger partial charge is 0.255 e. The molecule has 2 heterocycles. The highest BCUT2D eigenvalue weighted by Gasteiger charge is 2.36. The third-order valence-corrected chi connectivity index (χ3v) is 4.37. The summed E-state index contributed by atoms with van der Waals surface area (Å²) in [5.41, 5.74) is 1.48. The fraction of sp³-hybridized carbons (Fsp3) is 0.333. The third-order valence-electron chi connectivity index (χ3n) is 4.37. The topological polar surface area (TPSA) is 56.7 Å². The van der Waals surface area contributed by atoms with E-state index in [4.69, 9.17) is 0 Å². The van der Waals surface area contributed by atoms with Gasteiger partial charge in [0.25, 0.3) is 5.91 Å². The van der Waals surface area contributed by atoms with Crippen molar-refractivity contribution in [2.24, 2.45) is 0 Å². The van der Waals surface area contributed by atoms with Crippen LogP contribution in [0.5, 0.6) is 0 Å². The lowest BCUT2D eigenvalue weighted by molar-refractivity contribution is 0.0762. The van der Waals surface area contributed by atoms with Gasteiger partial charge in [-0.15, -0.1) is 0 Å². The van der Waals surface area contributed by atoms with Crippen LogP contribution in [0.3, 0.4) is 0 Å². The van der Waals surface area contributed by atoms with Crippen LogP contribution < -0.4 is 0 Å². The number of hydrogen-bond donors (Lipinski definition) is 1. The highest BCUT2D eigenvalue weighted by Crippen LogP contribution is 2.19. The normalized spacial score (nSPS) is 20.6. The molecule has 126 valence electrons. The lowest BCUT2D eigenvalue weighted by Gasteiger charge is -2.26. The SMILES string of the molecule is CN(Cc1ccc(F)cc1)[C@@H]1CN(C(=O)c2cccnc2)C[C@H]1O. The van der Waals surface area contributed by atoms with Gasteiger partial charge in [-0.3, -0.25) is 14.7 Å². The number of carbonyl (C=O) groups excluding carboxylic acids is 1. The number of aromatic nitrogens is 1. The van der Waals surface area contributed by atoms with Crippen molar-refractivity contribution in [1.29, 1.82) is 0 Å². The molecule has 1 aliphatic heterocycles. The predicted molar refractivity (Wildman–Crippen MR) is 87.8 cm³/mol. The Morgan fingerprint density at radius 3 is 2.75 bits per heavy atom. The van der Waals surface area contributed by atoms with Crippen LogP contribution in [0.15, 0.2) is 48.8 Å². The van der Waals surface area contributed by atoms with Gasteiger partial charge in [0.15, 0.2) is 0 Å². The summed E-state index contributed by atoms with van der Waals surface area (Å²) in [5, 5.41) is 10.3. The minimum atomic E-state index is -0.615. The number of β-amino-alcohol motifs (C(OH)–C–C–N with tert-alkyl or cyclic N) is 1. The molecule has 0 bridgehead atoms. The van der Waals surface area contributed by atoms with Gasteiger partial charge in [-0.05, 0) is 36.9 Å². The number of aliphatic hydroxyl groups is 1. The Morgan fingerprint density at radius 2 is 2.08 bits per heavy atom. The first-order valence-electron chi connectivity index (χ1n) is 7.86. The third kappa shape index (κ3) is 3.60. The molecular formula is C18H20FN3O2. The van der Waals surface area contributed by atoms with Crippen molar-refractivity contribution < 1.29 is 14.3 Å². The summed E-state index contributed by atoms with van der Waals surface area (Å²) < 4.78 is 13.0. The zero-order valence-electron chi connectivity index (χ0n) is 13.5. The van der Waals surface area contributed by atoms with Gasteiger partial charge in [0.2, 0.25) is 0 Å². The first-order chi connectivity index (χ1) is 11.5. The minimum absolute atomic E-state index is 0.125. The predicted octanol–water partition coefficient (Wildman–Crippen LogP) is 1.54. The van der Waals surface area contributed by atoms with E-state index >= 15 is 0 Å². The zero-order chi connectivity index (χ0) is 17.1. The molecule has 2 atom stereocenters. The lowest BCUT2D eigenvalue weighted by Crippen LogP contribution is -2.40. The van der Waals surface area contributed by atoms with E-state index in [1.165, 1.54) is 18.3 Å². The standard InChI is InChI=1S/C18H20FN3O2/c1-21(10-13-4-6-15(19)7-5-13)16-11-22(12-17(16)23)18(24)14-3-2-8-20-9-14/h2-9,16-17,23H,10-12H2,1H3/t16-,17-/m1/s1. The minimum Gasteiger partial charge on any atom is -0.390 e. The van der Waals surface area contributed by atoms with Crippen LogP contribution in [-0.2, 0) is 6.54 Å². The molecule has 0 radical (unpaired) electrons. The largest absolute Gasteiger partial charge is 0.390 e. The lowest BCUT2D eigenvalue weighted by atomic mass is 10.1. The summed E-state index contributed by atoms with van der Waals surface area (Å²) in [6.07, 6.45) is 2.54. The summed E-state index contributed by atoms with van der Waals surface area (Å²) in [7, 11) is 1.90. The Kier molecular flexibility index (Phi) is 4.87. The average Bonchev–Trinajstić information content (AvgIpc) is 2.99. The van der Waals surface area contributed by atoms with Crippen LogP contribution >= 0.6 is 0 Å². The molecule has 1 aromatic heterocycles. The highest BCUT2D eigenvalue weighted by atomic mass is 19.1. The maximum atomic E-state index is 13.0. The van der Waals surface area contributed by atoms with E-state index < -0.39 is 6.10 Å². The van der Waals surface area contributed by atoms with E-state index in [-0.39, 0.29) is 17.8 Å². The number of hydrogen-bond acceptors (Lipinski definition) is 4. The highest BCUT2D eigenvalue weighted by molar-refractivity contribution is 5.94. The molecule has 2 aromatic rings. The number of nitrogens with zero attached hydrogens (tertiary/aromatic N) is 3. The fourth-order valence-electron chi connectivity index (χ4n) is 3.04. The van der Waals surface area contributed by atoms with Crippen LogP contribution in [0.2, 0.25) is 0 Å². The molecular weight excluding hydrogens is 309 g/mol. The van der Waals surface area contributed by atoms with Crippen molar-refractivity contribution in [3.05, 3.63) is 65.7 Å². The second kappa shape index (κ2) is 7.07. The Hall–Kier alpha value is -2.31. The van der Waals surface area contributed by atoms with Gasteiger partial charge in [-0.25, -0.2) is 4.39 Å². The van der Waals surface area contributed by atoms with Crippen molar-refractivity contribution in [3.8, 4) is 0 Å². The van der Waals surface area contributed by atoms with E-state index in [2.05, 4.69) is 4.98 Å². The van der Waals surface area contributed by atoms with Crippen LogP contribution in [0.4, 0.5) is 4.39 Å². The Balaban J connectivity index is 1.64. The number of likely N-dealkylation sites (tertiary alicyclic amines) is 1. The van der Waals surface area contributed by atoms with Gasteiger partial charge in [0, 0.05) is 32.0 Å². The molecule has 6 heteroatoms. The molecule has 24 heavy (non-hydrogen) atoms. The second-order valence-electron chi connectivity index (χ2n) is 6.13. The molecule has 1 N–H and O–H groups in total. The Morgan fingerprint density at radius 1 is 1.33 bits per heavy atom. The van der Waals surface area contributed by atoms with Gasteiger partial charge < -0.3 is 10.0 Å². The Bertz CT molecular complexity index is 693. The summed E-state index contributed by atoms with van der Waals surface area (Å²) in [4.78, 5) is 20.1. The van der Waals surface area contributed by atoms with Crippen molar-refractivity contribution in [2.75, 3.05) is 20.1 Å². The molecule has 3 rings (SSSR count). The Labute approximate surface area is 140 Å². The van der Waals surface area contributed by atoms with E-state index in [0.717, 1.165) is 5.56 Å². The van der Waals surface area contributed by atoms with Crippen LogP contribution in [0.1, 0.15) is 15.9 Å². The number of aliphatic hydroxyl groups excluding tert-OH is 1. The number of rotatable bonds is 4. The van der Waals surface area contributed by atoms with Crippen LogP contribution in [0, 0.1) is 5.82 Å². The number of halogens is 1. The summed E-state index contributed by atoms with van der Waals surface area (Å²) >= 11 is 0.